The van der Waals surface area contributed by atoms with Crippen molar-refractivity contribution in [2.45, 2.75) is 63.3 Å². The summed E-state index contributed by atoms with van der Waals surface area (Å²) in [6.07, 6.45) is 5.72. The molecule has 1 unspecified atom stereocenters. The van der Waals surface area contributed by atoms with Gasteiger partial charge >= 0.3 is 11.7 Å². The molecule has 1 saturated heterocycles. The van der Waals surface area contributed by atoms with Crippen LogP contribution in [-0.2, 0) is 21.4 Å². The maximum Gasteiger partial charge on any atom is 0.329 e. The fourth-order valence-electron chi connectivity index (χ4n) is 4.82. The number of benzene rings is 1. The summed E-state index contributed by atoms with van der Waals surface area (Å²) in [5, 5.41) is 11.0. The lowest BCUT2D eigenvalue weighted by Crippen LogP contribution is -2.44. The lowest BCUT2D eigenvalue weighted by Gasteiger charge is -2.36. The first kappa shape index (κ1) is 20.4. The first-order chi connectivity index (χ1) is 14.3. The predicted molar refractivity (Wildman–Crippen MR) is 110 cm³/mol. The minimum absolute atomic E-state index is 0.229. The highest BCUT2D eigenvalue weighted by Crippen LogP contribution is 2.44. The Labute approximate surface area is 173 Å². The Morgan fingerprint density at radius 2 is 1.93 bits per heavy atom. The van der Waals surface area contributed by atoms with E-state index in [0.717, 1.165) is 37.6 Å². The van der Waals surface area contributed by atoms with Gasteiger partial charge in [0.1, 0.15) is 6.04 Å². The molecule has 30 heavy (non-hydrogen) atoms. The van der Waals surface area contributed by atoms with E-state index in [1.165, 1.54) is 10.1 Å². The third kappa shape index (κ3) is 3.78. The van der Waals surface area contributed by atoms with Crippen LogP contribution in [0.4, 0.5) is 0 Å². The van der Waals surface area contributed by atoms with Crippen molar-refractivity contribution in [3.05, 3.63) is 34.2 Å². The molecule has 1 aromatic heterocycles. The normalized spacial score (nSPS) is 24.0. The summed E-state index contributed by atoms with van der Waals surface area (Å²) < 4.78 is 3.08. The summed E-state index contributed by atoms with van der Waals surface area (Å²) in [7, 11) is 1.71. The highest BCUT2D eigenvalue weighted by Gasteiger charge is 2.33. The van der Waals surface area contributed by atoms with Crippen molar-refractivity contribution in [2.24, 2.45) is 13.0 Å². The number of aromatic nitrogens is 2. The number of nitrogens with zero attached hydrogens (tertiary/aromatic N) is 2. The van der Waals surface area contributed by atoms with Gasteiger partial charge in [-0.25, -0.2) is 4.79 Å². The zero-order valence-corrected chi connectivity index (χ0v) is 17.1. The van der Waals surface area contributed by atoms with Crippen LogP contribution in [0.1, 0.15) is 68.9 Å². The first-order valence-corrected chi connectivity index (χ1v) is 10.6. The summed E-state index contributed by atoms with van der Waals surface area (Å²) >= 11 is 0. The molecule has 2 heterocycles. The number of carboxylic acids is 1. The molecule has 0 bridgehead atoms. The van der Waals surface area contributed by atoms with Crippen LogP contribution >= 0.6 is 0 Å². The Balaban J connectivity index is 1.48. The number of imidazole rings is 1. The number of carboxylic acid groups (broad SMARTS) is 1. The van der Waals surface area contributed by atoms with E-state index in [9.17, 15) is 19.2 Å². The molecule has 160 valence electrons. The van der Waals surface area contributed by atoms with Gasteiger partial charge in [-0.05, 0) is 55.2 Å². The second-order valence-corrected chi connectivity index (χ2v) is 8.60. The topological polar surface area (TPSA) is 110 Å². The molecule has 1 atom stereocenters. The van der Waals surface area contributed by atoms with Gasteiger partial charge in [0.05, 0.1) is 11.0 Å². The molecule has 0 spiro atoms. The van der Waals surface area contributed by atoms with Gasteiger partial charge in [-0.2, -0.15) is 0 Å². The number of aryl methyl sites for hydroxylation is 1. The number of rotatable bonds is 7. The molecule has 1 aliphatic heterocycles. The van der Waals surface area contributed by atoms with Crippen LogP contribution in [0.25, 0.3) is 11.0 Å². The number of nitrogens with one attached hydrogen (secondary N) is 1. The third-order valence-corrected chi connectivity index (χ3v) is 6.60. The summed E-state index contributed by atoms with van der Waals surface area (Å²) in [5.74, 6) is -0.363. The number of carbonyl (C=O) groups is 3. The van der Waals surface area contributed by atoms with E-state index in [4.69, 9.17) is 5.11 Å². The maximum atomic E-state index is 12.8. The van der Waals surface area contributed by atoms with Crippen molar-refractivity contribution < 1.29 is 19.5 Å². The van der Waals surface area contributed by atoms with Gasteiger partial charge in [0.15, 0.2) is 0 Å². The number of hydrogen-bond donors (Lipinski definition) is 2. The number of aliphatic carboxylic acids is 1. The Kier molecular flexibility index (Phi) is 5.49. The molecule has 1 aliphatic carbocycles. The summed E-state index contributed by atoms with van der Waals surface area (Å²) in [6, 6.07) is 5.33. The standard InChI is InChI=1S/C22H27N3O5/c1-24-18-12-14(15-10-13(11-15)4-2-3-5-20(27)28)6-7-16(18)25(22(24)30)17-8-9-19(26)23-21(17)29/h6-7,12-13,15,17H,2-5,8-11H2,1H3,(H,27,28)(H,23,26,29). The van der Waals surface area contributed by atoms with E-state index in [1.807, 2.05) is 18.2 Å². The Morgan fingerprint density at radius 3 is 2.63 bits per heavy atom. The van der Waals surface area contributed by atoms with E-state index in [0.29, 0.717) is 23.8 Å². The molecule has 2 fully saturated rings. The molecule has 2 aliphatic rings. The minimum atomic E-state index is -0.732. The van der Waals surface area contributed by atoms with Gasteiger partial charge in [-0.1, -0.05) is 18.9 Å². The van der Waals surface area contributed by atoms with Gasteiger partial charge < -0.3 is 5.11 Å². The van der Waals surface area contributed by atoms with E-state index in [-0.39, 0.29) is 24.4 Å². The van der Waals surface area contributed by atoms with Crippen LogP contribution in [0.15, 0.2) is 23.0 Å². The number of unbranched alkanes of at least 4 members (excludes halogenated alkanes) is 1. The van der Waals surface area contributed by atoms with Gasteiger partial charge in [0, 0.05) is 19.9 Å². The largest absolute Gasteiger partial charge is 0.481 e. The van der Waals surface area contributed by atoms with Crippen molar-refractivity contribution in [3.8, 4) is 0 Å². The second kappa shape index (κ2) is 8.08. The first-order valence-electron chi connectivity index (χ1n) is 10.6. The van der Waals surface area contributed by atoms with Crippen LogP contribution in [0, 0.1) is 5.92 Å². The van der Waals surface area contributed by atoms with Crippen molar-refractivity contribution in [3.63, 3.8) is 0 Å². The number of imide groups is 1. The molecular formula is C22H27N3O5. The van der Waals surface area contributed by atoms with Crippen LogP contribution in [0.2, 0.25) is 0 Å². The smallest absolute Gasteiger partial charge is 0.329 e. The number of amides is 2. The zero-order chi connectivity index (χ0) is 21.4. The monoisotopic (exact) mass is 413 g/mol. The fraction of sp³-hybridized carbons (Fsp3) is 0.545. The van der Waals surface area contributed by atoms with E-state index < -0.39 is 17.9 Å². The van der Waals surface area contributed by atoms with E-state index in [2.05, 4.69) is 5.32 Å². The number of fused-ring (bicyclic) bond motifs is 1. The predicted octanol–water partition coefficient (Wildman–Crippen LogP) is 2.46. The van der Waals surface area contributed by atoms with Gasteiger partial charge in [0.2, 0.25) is 11.8 Å². The summed E-state index contributed by atoms with van der Waals surface area (Å²) in [4.78, 5) is 47.2. The third-order valence-electron chi connectivity index (χ3n) is 6.60. The van der Waals surface area contributed by atoms with Crippen molar-refractivity contribution in [1.82, 2.24) is 14.5 Å². The SMILES string of the molecule is Cn1c(=O)n(C2CCC(=O)NC2=O)c2ccc(C3CC(CCCCC(=O)O)C3)cc21. The molecular weight excluding hydrogens is 386 g/mol. The number of piperidine rings is 1. The van der Waals surface area contributed by atoms with Crippen LogP contribution in [-0.4, -0.2) is 32.0 Å². The van der Waals surface area contributed by atoms with Crippen molar-refractivity contribution in [2.75, 3.05) is 0 Å². The average Bonchev–Trinajstić information content (AvgIpc) is 2.91. The van der Waals surface area contributed by atoms with Gasteiger partial charge in [0.25, 0.3) is 0 Å². The molecule has 1 aromatic carbocycles. The Morgan fingerprint density at radius 1 is 1.17 bits per heavy atom. The fourth-order valence-corrected chi connectivity index (χ4v) is 4.82. The molecule has 8 heteroatoms. The number of carbonyl (C=O) groups excluding carboxylic acids is 2. The molecule has 8 nitrogen and oxygen atoms in total. The quantitative estimate of drug-likeness (QED) is 0.535. The van der Waals surface area contributed by atoms with Gasteiger partial charge in [-0.15, -0.1) is 0 Å². The molecule has 2 N–H and O–H groups in total. The van der Waals surface area contributed by atoms with Crippen LogP contribution in [0.3, 0.4) is 0 Å². The molecule has 0 radical (unpaired) electrons. The Bertz CT molecular complexity index is 1060. The molecule has 1 saturated carbocycles. The van der Waals surface area contributed by atoms with Crippen molar-refractivity contribution in [1.29, 1.82) is 0 Å². The number of hydrogen-bond acceptors (Lipinski definition) is 4. The second-order valence-electron chi connectivity index (χ2n) is 8.60. The molecule has 2 aromatic rings. The van der Waals surface area contributed by atoms with E-state index >= 15 is 0 Å². The minimum Gasteiger partial charge on any atom is -0.481 e. The van der Waals surface area contributed by atoms with E-state index in [1.54, 1.807) is 11.6 Å². The molecule has 4 rings (SSSR count). The Hall–Kier alpha value is -2.90. The lowest BCUT2D eigenvalue weighted by atomic mass is 9.69. The summed E-state index contributed by atoms with van der Waals surface area (Å²) in [6.45, 7) is 0. The van der Waals surface area contributed by atoms with Crippen LogP contribution < -0.4 is 11.0 Å². The maximum absolute atomic E-state index is 12.8. The lowest BCUT2D eigenvalue weighted by molar-refractivity contribution is -0.137. The highest BCUT2D eigenvalue weighted by atomic mass is 16.4. The van der Waals surface area contributed by atoms with Crippen molar-refractivity contribution >= 4 is 28.8 Å². The van der Waals surface area contributed by atoms with Crippen LogP contribution in [0.5, 0.6) is 0 Å². The highest BCUT2D eigenvalue weighted by molar-refractivity contribution is 6.00. The average molecular weight is 413 g/mol. The van der Waals surface area contributed by atoms with Gasteiger partial charge in [-0.3, -0.25) is 28.8 Å². The zero-order valence-electron chi connectivity index (χ0n) is 17.1. The summed E-state index contributed by atoms with van der Waals surface area (Å²) in [5.41, 5.74) is 2.46. The molecule has 2 amide bonds.